The van der Waals surface area contributed by atoms with Gasteiger partial charge in [0, 0.05) is 44.9 Å². The SMILES string of the molecule is CC(N)CC(=O)N(C)Cc1cnn(C)c1. The van der Waals surface area contributed by atoms with E-state index in [1.165, 1.54) is 0 Å². The molecule has 2 N–H and O–H groups in total. The first-order valence-electron chi connectivity index (χ1n) is 4.96. The highest BCUT2D eigenvalue weighted by Gasteiger charge is 2.11. The molecule has 1 unspecified atom stereocenters. The number of amides is 1. The van der Waals surface area contributed by atoms with Crippen LogP contribution in [0.4, 0.5) is 0 Å². The number of nitrogens with zero attached hydrogens (tertiary/aromatic N) is 3. The van der Waals surface area contributed by atoms with E-state index in [0.717, 1.165) is 5.56 Å². The Labute approximate surface area is 89.9 Å². The van der Waals surface area contributed by atoms with E-state index < -0.39 is 0 Å². The van der Waals surface area contributed by atoms with Gasteiger partial charge in [-0.2, -0.15) is 5.10 Å². The van der Waals surface area contributed by atoms with E-state index in [4.69, 9.17) is 5.73 Å². The van der Waals surface area contributed by atoms with Crippen LogP contribution in [0.2, 0.25) is 0 Å². The van der Waals surface area contributed by atoms with Gasteiger partial charge >= 0.3 is 0 Å². The number of nitrogens with two attached hydrogens (primary N) is 1. The molecule has 1 atom stereocenters. The Morgan fingerprint density at radius 1 is 1.73 bits per heavy atom. The fourth-order valence-electron chi connectivity index (χ4n) is 1.35. The summed E-state index contributed by atoms with van der Waals surface area (Å²) in [5.74, 6) is 0.0638. The van der Waals surface area contributed by atoms with Gasteiger partial charge in [-0.05, 0) is 6.92 Å². The molecule has 1 amide bonds. The minimum Gasteiger partial charge on any atom is -0.341 e. The second-order valence-electron chi connectivity index (χ2n) is 3.95. The zero-order valence-electron chi connectivity index (χ0n) is 9.47. The predicted octanol–water partition coefficient (Wildman–Crippen LogP) is 0.116. The van der Waals surface area contributed by atoms with Crippen molar-refractivity contribution in [3.05, 3.63) is 18.0 Å². The molecule has 1 aromatic heterocycles. The van der Waals surface area contributed by atoms with Crippen LogP contribution in [-0.2, 0) is 18.4 Å². The lowest BCUT2D eigenvalue weighted by molar-refractivity contribution is -0.130. The van der Waals surface area contributed by atoms with Crippen molar-refractivity contribution in [2.24, 2.45) is 12.8 Å². The molecule has 0 fully saturated rings. The minimum absolute atomic E-state index is 0.0638. The third-order valence-electron chi connectivity index (χ3n) is 2.10. The molecule has 0 spiro atoms. The summed E-state index contributed by atoms with van der Waals surface area (Å²) in [6, 6.07) is -0.0890. The molecule has 1 aromatic rings. The minimum atomic E-state index is -0.0890. The fourth-order valence-corrected chi connectivity index (χ4v) is 1.35. The lowest BCUT2D eigenvalue weighted by Gasteiger charge is -2.17. The van der Waals surface area contributed by atoms with Gasteiger partial charge < -0.3 is 10.6 Å². The molecule has 0 saturated carbocycles. The summed E-state index contributed by atoms with van der Waals surface area (Å²) < 4.78 is 1.72. The van der Waals surface area contributed by atoms with Gasteiger partial charge in [0.05, 0.1) is 6.20 Å². The Hall–Kier alpha value is -1.36. The van der Waals surface area contributed by atoms with Crippen molar-refractivity contribution in [3.8, 4) is 0 Å². The number of hydrogen-bond donors (Lipinski definition) is 1. The largest absolute Gasteiger partial charge is 0.341 e. The molecule has 0 radical (unpaired) electrons. The maximum Gasteiger partial charge on any atom is 0.224 e. The molecule has 1 rings (SSSR count). The number of carbonyl (C=O) groups excluding carboxylic acids is 1. The second-order valence-corrected chi connectivity index (χ2v) is 3.95. The average Bonchev–Trinajstić information content (AvgIpc) is 2.50. The highest BCUT2D eigenvalue weighted by Crippen LogP contribution is 2.03. The van der Waals surface area contributed by atoms with E-state index in [1.54, 1.807) is 22.8 Å². The second kappa shape index (κ2) is 4.93. The third kappa shape index (κ3) is 3.71. The normalized spacial score (nSPS) is 12.5. The third-order valence-corrected chi connectivity index (χ3v) is 2.10. The van der Waals surface area contributed by atoms with Gasteiger partial charge in [-0.25, -0.2) is 0 Å². The van der Waals surface area contributed by atoms with E-state index in [1.807, 2.05) is 20.2 Å². The molecule has 84 valence electrons. The van der Waals surface area contributed by atoms with Crippen molar-refractivity contribution in [1.82, 2.24) is 14.7 Å². The smallest absolute Gasteiger partial charge is 0.224 e. The predicted molar refractivity (Wildman–Crippen MR) is 57.9 cm³/mol. The molecular weight excluding hydrogens is 192 g/mol. The number of carbonyl (C=O) groups is 1. The lowest BCUT2D eigenvalue weighted by Crippen LogP contribution is -2.31. The lowest BCUT2D eigenvalue weighted by atomic mass is 10.2. The Bertz CT molecular complexity index is 332. The average molecular weight is 210 g/mol. The van der Waals surface area contributed by atoms with Gasteiger partial charge in [-0.15, -0.1) is 0 Å². The van der Waals surface area contributed by atoms with E-state index in [0.29, 0.717) is 13.0 Å². The van der Waals surface area contributed by atoms with Crippen molar-refractivity contribution in [2.75, 3.05) is 7.05 Å². The van der Waals surface area contributed by atoms with Gasteiger partial charge in [0.15, 0.2) is 0 Å². The summed E-state index contributed by atoms with van der Waals surface area (Å²) in [6.07, 6.45) is 4.04. The van der Waals surface area contributed by atoms with Crippen molar-refractivity contribution < 1.29 is 4.79 Å². The van der Waals surface area contributed by atoms with Crippen LogP contribution in [0.5, 0.6) is 0 Å². The van der Waals surface area contributed by atoms with Crippen LogP contribution in [0.1, 0.15) is 18.9 Å². The topological polar surface area (TPSA) is 64.2 Å². The maximum absolute atomic E-state index is 11.6. The zero-order chi connectivity index (χ0) is 11.4. The highest BCUT2D eigenvalue weighted by atomic mass is 16.2. The summed E-state index contributed by atoms with van der Waals surface area (Å²) >= 11 is 0. The van der Waals surface area contributed by atoms with E-state index >= 15 is 0 Å². The molecule has 0 bridgehead atoms. The van der Waals surface area contributed by atoms with Crippen LogP contribution in [0.25, 0.3) is 0 Å². The van der Waals surface area contributed by atoms with Crippen LogP contribution in [-0.4, -0.2) is 33.7 Å². The molecule has 0 aromatic carbocycles. The molecular formula is C10H18N4O. The first kappa shape index (κ1) is 11.7. The molecule has 5 heteroatoms. The molecule has 0 aliphatic rings. The number of aryl methyl sites for hydroxylation is 1. The van der Waals surface area contributed by atoms with Crippen LogP contribution in [0.3, 0.4) is 0 Å². The van der Waals surface area contributed by atoms with Crippen LogP contribution < -0.4 is 5.73 Å². The molecule has 0 saturated heterocycles. The monoisotopic (exact) mass is 210 g/mol. The summed E-state index contributed by atoms with van der Waals surface area (Å²) in [7, 11) is 3.63. The quantitative estimate of drug-likeness (QED) is 0.767. The van der Waals surface area contributed by atoms with E-state index in [-0.39, 0.29) is 11.9 Å². The van der Waals surface area contributed by atoms with E-state index in [9.17, 15) is 4.79 Å². The number of aromatic nitrogens is 2. The standard InChI is InChI=1S/C10H18N4O/c1-8(11)4-10(15)13(2)6-9-5-12-14(3)7-9/h5,7-8H,4,6,11H2,1-3H3. The van der Waals surface area contributed by atoms with Crippen molar-refractivity contribution in [3.63, 3.8) is 0 Å². The van der Waals surface area contributed by atoms with Crippen molar-refractivity contribution in [2.45, 2.75) is 25.9 Å². The fraction of sp³-hybridized carbons (Fsp3) is 0.600. The molecule has 1 heterocycles. The maximum atomic E-state index is 11.6. The highest BCUT2D eigenvalue weighted by molar-refractivity contribution is 5.76. The summed E-state index contributed by atoms with van der Waals surface area (Å²) in [5.41, 5.74) is 6.59. The molecule has 0 aliphatic heterocycles. The Morgan fingerprint density at radius 2 is 2.40 bits per heavy atom. The Balaban J connectivity index is 2.48. The first-order chi connectivity index (χ1) is 6.99. The van der Waals surface area contributed by atoms with Crippen molar-refractivity contribution in [1.29, 1.82) is 0 Å². The Kier molecular flexibility index (Phi) is 3.85. The van der Waals surface area contributed by atoms with Crippen LogP contribution >= 0.6 is 0 Å². The molecule has 0 aliphatic carbocycles. The number of rotatable bonds is 4. The van der Waals surface area contributed by atoms with Gasteiger partial charge in [0.2, 0.25) is 5.91 Å². The summed E-state index contributed by atoms with van der Waals surface area (Å²) in [5, 5.41) is 4.04. The van der Waals surface area contributed by atoms with Crippen LogP contribution in [0.15, 0.2) is 12.4 Å². The zero-order valence-corrected chi connectivity index (χ0v) is 9.47. The van der Waals surface area contributed by atoms with Gasteiger partial charge in [0.1, 0.15) is 0 Å². The van der Waals surface area contributed by atoms with Gasteiger partial charge in [0.25, 0.3) is 0 Å². The van der Waals surface area contributed by atoms with E-state index in [2.05, 4.69) is 5.10 Å². The van der Waals surface area contributed by atoms with Crippen molar-refractivity contribution >= 4 is 5.91 Å². The number of hydrogen-bond acceptors (Lipinski definition) is 3. The summed E-state index contributed by atoms with van der Waals surface area (Å²) in [6.45, 7) is 2.41. The summed E-state index contributed by atoms with van der Waals surface area (Å²) in [4.78, 5) is 13.3. The van der Waals surface area contributed by atoms with Gasteiger partial charge in [-0.3, -0.25) is 9.48 Å². The van der Waals surface area contributed by atoms with Gasteiger partial charge in [-0.1, -0.05) is 0 Å². The van der Waals surface area contributed by atoms with Crippen LogP contribution in [0, 0.1) is 0 Å². The molecule has 15 heavy (non-hydrogen) atoms. The first-order valence-corrected chi connectivity index (χ1v) is 4.96. The molecule has 5 nitrogen and oxygen atoms in total. The Morgan fingerprint density at radius 3 is 2.87 bits per heavy atom.